The van der Waals surface area contributed by atoms with Crippen molar-refractivity contribution in [1.29, 1.82) is 0 Å². The van der Waals surface area contributed by atoms with E-state index in [4.69, 9.17) is 23.8 Å². The van der Waals surface area contributed by atoms with Crippen LogP contribution < -0.4 is 14.2 Å². The number of esters is 1. The molecule has 172 valence electrons. The molecule has 0 aliphatic rings. The molecule has 7 heteroatoms. The largest absolute Gasteiger partial charge is 0.493 e. The first-order valence-electron chi connectivity index (χ1n) is 10.4. The van der Waals surface area contributed by atoms with Crippen molar-refractivity contribution < 1.29 is 28.6 Å². The van der Waals surface area contributed by atoms with E-state index in [1.165, 1.54) is 6.08 Å². The van der Waals surface area contributed by atoms with E-state index < -0.39 is 5.97 Å². The summed E-state index contributed by atoms with van der Waals surface area (Å²) in [6, 6.07) is 17.6. The summed E-state index contributed by atoms with van der Waals surface area (Å²) in [7, 11) is 4.68. The first-order valence-corrected chi connectivity index (χ1v) is 10.4. The van der Waals surface area contributed by atoms with Crippen molar-refractivity contribution in [1.82, 2.24) is 0 Å². The van der Waals surface area contributed by atoms with Crippen LogP contribution >= 0.6 is 0 Å². The second-order valence-corrected chi connectivity index (χ2v) is 6.80. The van der Waals surface area contributed by atoms with Crippen LogP contribution in [0.15, 0.2) is 71.9 Å². The van der Waals surface area contributed by atoms with Crippen LogP contribution in [0, 0.1) is 0 Å². The standard InChI is InChI=1S/C26H27NO6/c1-5-32-23(28)14-9-17-33-27-24(20-13-8-11-18-10-6-7-12-19(18)20)21-15-16-22(29-2)26(31-4)25(21)30-3/h6-16H,5,17H2,1-4H3/b14-9+,27-24+. The molecule has 0 radical (unpaired) electrons. The fraction of sp³-hybridized carbons (Fsp3) is 0.231. The van der Waals surface area contributed by atoms with Crippen molar-refractivity contribution in [3.63, 3.8) is 0 Å². The molecule has 0 amide bonds. The maximum atomic E-state index is 11.5. The Morgan fingerprint density at radius 2 is 1.64 bits per heavy atom. The molecule has 33 heavy (non-hydrogen) atoms. The number of rotatable bonds is 10. The first kappa shape index (κ1) is 23.7. The molecule has 0 bridgehead atoms. The van der Waals surface area contributed by atoms with Gasteiger partial charge in [0.25, 0.3) is 0 Å². The fourth-order valence-electron chi connectivity index (χ4n) is 3.44. The van der Waals surface area contributed by atoms with Gasteiger partial charge in [-0.1, -0.05) is 47.6 Å². The third-order valence-corrected chi connectivity index (χ3v) is 4.87. The molecule has 7 nitrogen and oxygen atoms in total. The van der Waals surface area contributed by atoms with Gasteiger partial charge in [-0.05, 0) is 35.9 Å². The van der Waals surface area contributed by atoms with Gasteiger partial charge < -0.3 is 23.8 Å². The van der Waals surface area contributed by atoms with E-state index in [1.807, 2.05) is 48.5 Å². The lowest BCUT2D eigenvalue weighted by Crippen LogP contribution is -2.09. The number of hydrogen-bond acceptors (Lipinski definition) is 7. The summed E-state index contributed by atoms with van der Waals surface area (Å²) in [6.07, 6.45) is 2.86. The number of oxime groups is 1. The summed E-state index contributed by atoms with van der Waals surface area (Å²) in [5.41, 5.74) is 2.07. The zero-order valence-corrected chi connectivity index (χ0v) is 19.2. The Labute approximate surface area is 193 Å². The molecule has 0 N–H and O–H groups in total. The van der Waals surface area contributed by atoms with E-state index in [1.54, 1.807) is 40.4 Å². The molecular formula is C26H27NO6. The molecule has 3 aromatic carbocycles. The van der Waals surface area contributed by atoms with E-state index >= 15 is 0 Å². The number of methoxy groups -OCH3 is 3. The number of carbonyl (C=O) groups is 1. The van der Waals surface area contributed by atoms with Crippen LogP contribution in [0.4, 0.5) is 0 Å². The van der Waals surface area contributed by atoms with Gasteiger partial charge in [0.05, 0.1) is 33.5 Å². The molecule has 0 aliphatic carbocycles. The molecule has 0 saturated carbocycles. The molecule has 3 rings (SSSR count). The van der Waals surface area contributed by atoms with Crippen molar-refractivity contribution in [2.75, 3.05) is 34.5 Å². The van der Waals surface area contributed by atoms with Crippen molar-refractivity contribution in [3.05, 3.63) is 77.9 Å². The van der Waals surface area contributed by atoms with Gasteiger partial charge in [0.15, 0.2) is 11.5 Å². The van der Waals surface area contributed by atoms with Gasteiger partial charge in [0, 0.05) is 11.6 Å². The highest BCUT2D eigenvalue weighted by Gasteiger charge is 2.22. The minimum absolute atomic E-state index is 0.0860. The normalized spacial score (nSPS) is 11.5. The Morgan fingerprint density at radius 1 is 0.879 bits per heavy atom. The predicted molar refractivity (Wildman–Crippen MR) is 127 cm³/mol. The van der Waals surface area contributed by atoms with Crippen LogP contribution in [0.5, 0.6) is 17.2 Å². The van der Waals surface area contributed by atoms with Gasteiger partial charge in [-0.3, -0.25) is 0 Å². The Kier molecular flexibility index (Phi) is 8.30. The van der Waals surface area contributed by atoms with E-state index in [9.17, 15) is 4.79 Å². The monoisotopic (exact) mass is 449 g/mol. The number of benzene rings is 3. The maximum Gasteiger partial charge on any atom is 0.330 e. The van der Waals surface area contributed by atoms with E-state index in [2.05, 4.69) is 5.16 Å². The van der Waals surface area contributed by atoms with Crippen LogP contribution in [0.2, 0.25) is 0 Å². The first-order chi connectivity index (χ1) is 16.1. The Hall–Kier alpha value is -4.00. The quantitative estimate of drug-likeness (QED) is 0.146. The average molecular weight is 450 g/mol. The van der Waals surface area contributed by atoms with Crippen LogP contribution in [-0.4, -0.2) is 46.2 Å². The highest BCUT2D eigenvalue weighted by atomic mass is 16.6. The third-order valence-electron chi connectivity index (χ3n) is 4.87. The number of ether oxygens (including phenoxy) is 4. The molecule has 3 aromatic rings. The fourth-order valence-corrected chi connectivity index (χ4v) is 3.44. The van der Waals surface area contributed by atoms with Crippen molar-refractivity contribution in [2.24, 2.45) is 5.16 Å². The maximum absolute atomic E-state index is 11.5. The van der Waals surface area contributed by atoms with E-state index in [0.717, 1.165) is 16.3 Å². The number of carbonyl (C=O) groups excluding carboxylic acids is 1. The minimum Gasteiger partial charge on any atom is -0.493 e. The Morgan fingerprint density at radius 3 is 2.36 bits per heavy atom. The van der Waals surface area contributed by atoms with E-state index in [0.29, 0.717) is 35.1 Å². The second kappa shape index (κ2) is 11.6. The van der Waals surface area contributed by atoms with Crippen LogP contribution in [0.25, 0.3) is 10.8 Å². The van der Waals surface area contributed by atoms with Gasteiger partial charge in [0.1, 0.15) is 12.3 Å². The number of nitrogens with zero attached hydrogens (tertiary/aromatic N) is 1. The molecule has 0 atom stereocenters. The summed E-state index contributed by atoms with van der Waals surface area (Å²) >= 11 is 0. The average Bonchev–Trinajstić information content (AvgIpc) is 2.85. The lowest BCUT2D eigenvalue weighted by molar-refractivity contribution is -0.137. The van der Waals surface area contributed by atoms with Crippen molar-refractivity contribution in [3.8, 4) is 17.2 Å². The summed E-state index contributed by atoms with van der Waals surface area (Å²) in [6.45, 7) is 2.15. The molecule has 0 saturated heterocycles. The summed E-state index contributed by atoms with van der Waals surface area (Å²) in [4.78, 5) is 17.1. The topological polar surface area (TPSA) is 75.6 Å². The van der Waals surface area contributed by atoms with Crippen molar-refractivity contribution in [2.45, 2.75) is 6.92 Å². The van der Waals surface area contributed by atoms with E-state index in [-0.39, 0.29) is 6.61 Å². The number of fused-ring (bicyclic) bond motifs is 1. The van der Waals surface area contributed by atoms with Crippen LogP contribution in [0.3, 0.4) is 0 Å². The highest BCUT2D eigenvalue weighted by molar-refractivity contribution is 6.20. The molecule has 0 aromatic heterocycles. The van der Waals surface area contributed by atoms with Gasteiger partial charge in [-0.2, -0.15) is 0 Å². The zero-order chi connectivity index (χ0) is 23.6. The molecule has 0 spiro atoms. The smallest absolute Gasteiger partial charge is 0.330 e. The predicted octanol–water partition coefficient (Wildman–Crippen LogP) is 4.75. The van der Waals surface area contributed by atoms with Gasteiger partial charge in [-0.25, -0.2) is 4.79 Å². The zero-order valence-electron chi connectivity index (χ0n) is 19.2. The molecule has 0 aliphatic heterocycles. The highest BCUT2D eigenvalue weighted by Crippen LogP contribution is 2.41. The Balaban J connectivity index is 2.10. The van der Waals surface area contributed by atoms with Gasteiger partial charge in [0.2, 0.25) is 5.75 Å². The van der Waals surface area contributed by atoms with Crippen molar-refractivity contribution >= 4 is 22.5 Å². The lowest BCUT2D eigenvalue weighted by atomic mass is 9.95. The second-order valence-electron chi connectivity index (χ2n) is 6.80. The summed E-state index contributed by atoms with van der Waals surface area (Å²) < 4.78 is 21.5. The molecule has 0 fully saturated rings. The third kappa shape index (κ3) is 5.44. The summed E-state index contributed by atoms with van der Waals surface area (Å²) in [5, 5.41) is 6.49. The lowest BCUT2D eigenvalue weighted by Gasteiger charge is -2.17. The van der Waals surface area contributed by atoms with Crippen LogP contribution in [0.1, 0.15) is 18.1 Å². The SMILES string of the molecule is CCOC(=O)/C=C/CO/N=C(/c1ccc(OC)c(OC)c1OC)c1cccc2ccccc12. The number of hydrogen-bond donors (Lipinski definition) is 0. The van der Waals surface area contributed by atoms with Gasteiger partial charge in [-0.15, -0.1) is 0 Å². The van der Waals surface area contributed by atoms with Crippen LogP contribution in [-0.2, 0) is 14.4 Å². The molecular weight excluding hydrogens is 422 g/mol. The minimum atomic E-state index is -0.430. The summed E-state index contributed by atoms with van der Waals surface area (Å²) in [5.74, 6) is 1.02. The van der Waals surface area contributed by atoms with Gasteiger partial charge >= 0.3 is 5.97 Å². The Bertz CT molecular complexity index is 1160. The molecule has 0 unspecified atom stereocenters. The molecule has 0 heterocycles.